The minimum atomic E-state index is -1.08. The van der Waals surface area contributed by atoms with E-state index in [-0.39, 0.29) is 54.2 Å². The van der Waals surface area contributed by atoms with Crippen LogP contribution in [0.3, 0.4) is 0 Å². The van der Waals surface area contributed by atoms with E-state index < -0.39 is 5.97 Å². The first kappa shape index (κ1) is 15.7. The van der Waals surface area contributed by atoms with E-state index in [4.69, 9.17) is 9.90 Å². The van der Waals surface area contributed by atoms with Crippen molar-refractivity contribution >= 4 is 5.97 Å². The third kappa shape index (κ3) is 68.0. The Bertz CT molecular complexity index is 34.5. The monoisotopic (exact) mass is 234 g/mol. The molecule has 0 aliphatic heterocycles. The zero-order valence-electron chi connectivity index (χ0n) is 3.19. The fraction of sp³-hybridized carbons (Fsp3) is 0.500. The molecular formula is C2H3CeClO2-2. The summed E-state index contributed by atoms with van der Waals surface area (Å²) >= 11 is 0. The zero-order chi connectivity index (χ0) is 3.58. The minimum absolute atomic E-state index is 0. The summed E-state index contributed by atoms with van der Waals surface area (Å²) in [5.74, 6) is -1.08. The van der Waals surface area contributed by atoms with Gasteiger partial charge in [0, 0.05) is 47.7 Å². The van der Waals surface area contributed by atoms with Crippen molar-refractivity contribution in [3.05, 3.63) is 0 Å². The molecule has 0 bridgehead atoms. The molecule has 0 aromatic heterocycles. The second kappa shape index (κ2) is 9.46. The molecule has 0 radical (unpaired) electrons. The molecule has 0 spiro atoms. The molecule has 0 fully saturated rings. The molecule has 0 atom stereocenters. The van der Waals surface area contributed by atoms with Crippen molar-refractivity contribution in [2.45, 2.75) is 6.92 Å². The molecule has 6 heavy (non-hydrogen) atoms. The maximum absolute atomic E-state index is 8.89. The summed E-state index contributed by atoms with van der Waals surface area (Å²) in [6, 6.07) is 0. The fourth-order valence-corrected chi connectivity index (χ4v) is 0. The molecule has 0 aromatic carbocycles. The Morgan fingerprint density at radius 2 is 1.67 bits per heavy atom. The van der Waals surface area contributed by atoms with Crippen LogP contribution in [0.1, 0.15) is 6.92 Å². The quantitative estimate of drug-likeness (QED) is 0.426. The number of hydrogen-bond donors (Lipinski definition) is 0. The average molecular weight is 235 g/mol. The van der Waals surface area contributed by atoms with Crippen LogP contribution in [-0.4, -0.2) is 5.97 Å². The molecule has 0 aliphatic rings. The van der Waals surface area contributed by atoms with Crippen LogP contribution in [0, 0.1) is 41.7 Å². The van der Waals surface area contributed by atoms with Gasteiger partial charge >= 0.3 is 0 Å². The van der Waals surface area contributed by atoms with Crippen LogP contribution in [-0.2, 0) is 4.79 Å². The molecule has 0 amide bonds. The molecule has 0 saturated heterocycles. The van der Waals surface area contributed by atoms with E-state index in [1.807, 2.05) is 0 Å². The van der Waals surface area contributed by atoms with Gasteiger partial charge in [-0.15, -0.1) is 0 Å². The van der Waals surface area contributed by atoms with Gasteiger partial charge in [-0.2, -0.15) is 0 Å². The van der Waals surface area contributed by atoms with Crippen LogP contribution in [0.15, 0.2) is 0 Å². The van der Waals surface area contributed by atoms with Gasteiger partial charge < -0.3 is 22.3 Å². The largest absolute Gasteiger partial charge is 1.00 e. The first-order valence-electron chi connectivity index (χ1n) is 0.908. The molecular weight excluding hydrogens is 232 g/mol. The van der Waals surface area contributed by atoms with Gasteiger partial charge in [-0.1, -0.05) is 0 Å². The Morgan fingerprint density at radius 1 is 1.67 bits per heavy atom. The molecule has 0 unspecified atom stereocenters. The zero-order valence-corrected chi connectivity index (χ0v) is 7.09. The maximum atomic E-state index is 8.89. The van der Waals surface area contributed by atoms with Crippen molar-refractivity contribution in [3.63, 3.8) is 0 Å². The van der Waals surface area contributed by atoms with Gasteiger partial charge in [0.2, 0.25) is 0 Å². The molecule has 0 aliphatic carbocycles. The maximum Gasteiger partial charge on any atom is 0.0383 e. The van der Waals surface area contributed by atoms with Crippen LogP contribution in [0.2, 0.25) is 0 Å². The Morgan fingerprint density at radius 3 is 1.67 bits per heavy atom. The van der Waals surface area contributed by atoms with Crippen molar-refractivity contribution in [1.82, 2.24) is 0 Å². The predicted molar refractivity (Wildman–Crippen MR) is 10.7 cm³/mol. The van der Waals surface area contributed by atoms with E-state index in [0.29, 0.717) is 0 Å². The van der Waals surface area contributed by atoms with E-state index >= 15 is 0 Å². The number of aliphatic carboxylic acids is 1. The fourth-order valence-electron chi connectivity index (χ4n) is 0. The van der Waals surface area contributed by atoms with Crippen molar-refractivity contribution in [2.24, 2.45) is 0 Å². The van der Waals surface area contributed by atoms with Crippen LogP contribution >= 0.6 is 0 Å². The summed E-state index contributed by atoms with van der Waals surface area (Å²) in [6.45, 7) is 0.972. The Kier molecular flexibility index (Phi) is 24.8. The number of carbonyl (C=O) groups is 1. The molecule has 0 N–H and O–H groups in total. The second-order valence-corrected chi connectivity index (χ2v) is 0.492. The smallest absolute Gasteiger partial charge is 0.0383 e. The number of rotatable bonds is 0. The van der Waals surface area contributed by atoms with Gasteiger partial charge in [-0.3, -0.25) is 0 Å². The number of carboxylic acid groups (broad SMARTS) is 1. The van der Waals surface area contributed by atoms with Crippen molar-refractivity contribution in [1.29, 1.82) is 0 Å². The van der Waals surface area contributed by atoms with E-state index in [1.54, 1.807) is 0 Å². The first-order valence-corrected chi connectivity index (χ1v) is 0.908. The predicted octanol–water partition coefficient (Wildman–Crippen LogP) is -4.24. The number of carbonyl (C=O) groups excluding carboxylic acids is 1. The molecule has 0 saturated carbocycles. The molecule has 0 heterocycles. The van der Waals surface area contributed by atoms with E-state index in [1.165, 1.54) is 0 Å². The topological polar surface area (TPSA) is 40.1 Å². The summed E-state index contributed by atoms with van der Waals surface area (Å²) in [5, 5.41) is 8.89. The average Bonchev–Trinajstić information content (AvgIpc) is 0.811. The second-order valence-electron chi connectivity index (χ2n) is 0.492. The molecule has 2 nitrogen and oxygen atoms in total. The van der Waals surface area contributed by atoms with Crippen molar-refractivity contribution in [3.8, 4) is 0 Å². The van der Waals surface area contributed by atoms with Crippen LogP contribution in [0.25, 0.3) is 0 Å². The number of hydrogen-bond acceptors (Lipinski definition) is 2. The molecule has 4 heteroatoms. The summed E-state index contributed by atoms with van der Waals surface area (Å²) in [4.78, 5) is 8.89. The summed E-state index contributed by atoms with van der Waals surface area (Å²) in [7, 11) is 0. The van der Waals surface area contributed by atoms with Gasteiger partial charge in [0.25, 0.3) is 0 Å². The van der Waals surface area contributed by atoms with Crippen LogP contribution in [0.5, 0.6) is 0 Å². The van der Waals surface area contributed by atoms with Gasteiger partial charge in [-0.25, -0.2) is 0 Å². The normalized spacial score (nSPS) is 4.17. The SMILES string of the molecule is CC(=O)[O-].[Ce].[Cl-]. The summed E-state index contributed by atoms with van der Waals surface area (Å²) < 4.78 is 0. The van der Waals surface area contributed by atoms with Crippen molar-refractivity contribution < 1.29 is 64.1 Å². The van der Waals surface area contributed by atoms with Gasteiger partial charge in [0.15, 0.2) is 0 Å². The molecule has 0 aromatic rings. The minimum Gasteiger partial charge on any atom is -1.00 e. The van der Waals surface area contributed by atoms with Crippen molar-refractivity contribution in [2.75, 3.05) is 0 Å². The third-order valence-corrected chi connectivity index (χ3v) is 0. The standard InChI is InChI=1S/C2H4O2.Ce.ClH/c1-2(3)4;;/h1H3,(H,3,4);;1H/p-2. The van der Waals surface area contributed by atoms with E-state index in [9.17, 15) is 0 Å². The Labute approximate surface area is 76.1 Å². The summed E-state index contributed by atoms with van der Waals surface area (Å²) in [6.07, 6.45) is 0. The summed E-state index contributed by atoms with van der Waals surface area (Å²) in [5.41, 5.74) is 0. The number of halogens is 1. The van der Waals surface area contributed by atoms with Gasteiger partial charge in [0.1, 0.15) is 0 Å². The van der Waals surface area contributed by atoms with Gasteiger partial charge in [-0.05, 0) is 6.92 Å². The third-order valence-electron chi connectivity index (χ3n) is 0. The van der Waals surface area contributed by atoms with E-state index in [0.717, 1.165) is 6.92 Å². The molecule has 0 rings (SSSR count). The van der Waals surface area contributed by atoms with Crippen LogP contribution < -0.4 is 17.5 Å². The van der Waals surface area contributed by atoms with Gasteiger partial charge in [0.05, 0.1) is 0 Å². The van der Waals surface area contributed by atoms with Crippen LogP contribution in [0.4, 0.5) is 0 Å². The first-order chi connectivity index (χ1) is 1.73. The molecule has 36 valence electrons. The Balaban J connectivity index is -0.0000000450. The number of carboxylic acids is 1. The Hall–Kier alpha value is 1.14. The van der Waals surface area contributed by atoms with E-state index in [2.05, 4.69) is 0 Å².